The lowest BCUT2D eigenvalue weighted by atomic mass is 9.93. The Morgan fingerprint density at radius 1 is 1.40 bits per heavy atom. The zero-order chi connectivity index (χ0) is 18.0. The number of anilines is 1. The molecule has 128 valence electrons. The lowest BCUT2D eigenvalue weighted by molar-refractivity contribution is 0.102. The number of aromatic nitrogens is 2. The van der Waals surface area contributed by atoms with E-state index in [1.54, 1.807) is 30.5 Å². The third-order valence-electron chi connectivity index (χ3n) is 3.68. The molecule has 3 heterocycles. The molecule has 3 rings (SSSR count). The fraction of sp³-hybridized carbons (Fsp3) is 0.176. The van der Waals surface area contributed by atoms with Gasteiger partial charge in [0.2, 0.25) is 0 Å². The minimum atomic E-state index is -0.605. The van der Waals surface area contributed by atoms with Crippen molar-refractivity contribution in [2.45, 2.75) is 18.9 Å². The number of hydrogen-bond acceptors (Lipinski definition) is 6. The van der Waals surface area contributed by atoms with Crippen molar-refractivity contribution >= 4 is 40.1 Å². The molecular weight excluding hydrogens is 358 g/mol. The van der Waals surface area contributed by atoms with Gasteiger partial charge in [0.15, 0.2) is 5.17 Å². The highest BCUT2D eigenvalue weighted by molar-refractivity contribution is 8.17. The van der Waals surface area contributed by atoms with E-state index in [1.165, 1.54) is 18.0 Å². The van der Waals surface area contributed by atoms with Crippen LogP contribution in [0.4, 0.5) is 5.69 Å². The average molecular weight is 374 g/mol. The van der Waals surface area contributed by atoms with Crippen LogP contribution in [0, 0.1) is 0 Å². The van der Waals surface area contributed by atoms with Crippen LogP contribution in [0.2, 0.25) is 5.02 Å². The van der Waals surface area contributed by atoms with E-state index in [1.807, 2.05) is 6.92 Å². The lowest BCUT2D eigenvalue weighted by Crippen LogP contribution is -2.28. The van der Waals surface area contributed by atoms with Crippen LogP contribution in [0.15, 0.2) is 53.1 Å². The van der Waals surface area contributed by atoms with Crippen molar-refractivity contribution in [2.75, 3.05) is 5.32 Å². The number of halogens is 1. The van der Waals surface area contributed by atoms with Crippen LogP contribution in [0.5, 0.6) is 0 Å². The van der Waals surface area contributed by atoms with E-state index >= 15 is 0 Å². The molecule has 6 nitrogen and oxygen atoms in total. The molecule has 3 N–H and O–H groups in total. The molecule has 2 aromatic rings. The Morgan fingerprint density at radius 3 is 2.88 bits per heavy atom. The van der Waals surface area contributed by atoms with Gasteiger partial charge in [-0.25, -0.2) is 9.98 Å². The Balaban J connectivity index is 1.84. The summed E-state index contributed by atoms with van der Waals surface area (Å²) in [6, 6.07) is 6.67. The molecule has 8 heteroatoms. The predicted molar refractivity (Wildman–Crippen MR) is 102 cm³/mol. The summed E-state index contributed by atoms with van der Waals surface area (Å²) in [7, 11) is 0. The maximum atomic E-state index is 12.3. The van der Waals surface area contributed by atoms with Crippen LogP contribution < -0.4 is 11.1 Å². The number of amides is 1. The fourth-order valence-electron chi connectivity index (χ4n) is 2.53. The summed E-state index contributed by atoms with van der Waals surface area (Å²) in [6.07, 6.45) is 3.68. The molecule has 1 amide bonds. The highest BCUT2D eigenvalue weighted by atomic mass is 35.5. The van der Waals surface area contributed by atoms with E-state index in [4.69, 9.17) is 17.3 Å². The molecule has 0 aliphatic carbocycles. The molecule has 1 aliphatic rings. The molecule has 0 aromatic carbocycles. The molecule has 25 heavy (non-hydrogen) atoms. The van der Waals surface area contributed by atoms with Crippen molar-refractivity contribution in [3.63, 3.8) is 0 Å². The molecule has 1 aliphatic heterocycles. The minimum absolute atomic E-state index is 0.277. The Kier molecular flexibility index (Phi) is 4.78. The first-order valence-electron chi connectivity index (χ1n) is 7.46. The van der Waals surface area contributed by atoms with Crippen LogP contribution >= 0.6 is 23.4 Å². The number of carbonyl (C=O) groups excluding carboxylic acids is 1. The molecule has 0 spiro atoms. The molecule has 2 aromatic heterocycles. The second-order valence-corrected chi connectivity index (χ2v) is 7.42. The number of nitrogens with zero attached hydrogens (tertiary/aromatic N) is 3. The maximum Gasteiger partial charge on any atom is 0.274 e. The zero-order valence-corrected chi connectivity index (χ0v) is 15.1. The summed E-state index contributed by atoms with van der Waals surface area (Å²) in [6.45, 7) is 5.93. The second kappa shape index (κ2) is 6.85. The molecule has 0 unspecified atom stereocenters. The standard InChI is InChI=1S/C17H16ClN5OS/c1-10-8-17(2,23-16(19)25-10)14-7-12(5-6-20-14)22-15(24)13-4-3-11(18)9-21-13/h3-7,9H,1,8H2,2H3,(H2,19,23)(H,20,22,24)/t17-/m0/s1. The Hall–Kier alpha value is -2.38. The summed E-state index contributed by atoms with van der Waals surface area (Å²) in [4.78, 5) is 26.1. The maximum absolute atomic E-state index is 12.3. The number of hydrogen-bond donors (Lipinski definition) is 2. The van der Waals surface area contributed by atoms with Crippen LogP contribution in [0.25, 0.3) is 0 Å². The first-order valence-corrected chi connectivity index (χ1v) is 8.65. The normalized spacial score (nSPS) is 20.1. The van der Waals surface area contributed by atoms with Crippen molar-refractivity contribution in [1.82, 2.24) is 9.97 Å². The first-order chi connectivity index (χ1) is 11.9. The number of rotatable bonds is 3. The number of pyridine rings is 2. The third kappa shape index (κ3) is 4.00. The number of amidine groups is 1. The summed E-state index contributed by atoms with van der Waals surface area (Å²) >= 11 is 7.16. The number of carbonyl (C=O) groups is 1. The average Bonchev–Trinajstić information content (AvgIpc) is 2.54. The first kappa shape index (κ1) is 17.4. The highest BCUT2D eigenvalue weighted by Gasteiger charge is 2.32. The molecule has 0 radical (unpaired) electrons. The summed E-state index contributed by atoms with van der Waals surface area (Å²) < 4.78 is 0. The van der Waals surface area contributed by atoms with Gasteiger partial charge in [-0.05, 0) is 36.1 Å². The van der Waals surface area contributed by atoms with Gasteiger partial charge in [-0.2, -0.15) is 0 Å². The topological polar surface area (TPSA) is 93.3 Å². The zero-order valence-electron chi connectivity index (χ0n) is 13.5. The van der Waals surface area contributed by atoms with E-state index in [-0.39, 0.29) is 11.6 Å². The summed E-state index contributed by atoms with van der Waals surface area (Å²) in [5.74, 6) is -0.328. The van der Waals surface area contributed by atoms with Crippen molar-refractivity contribution in [1.29, 1.82) is 0 Å². The van der Waals surface area contributed by atoms with Crippen molar-refractivity contribution in [3.05, 3.63) is 64.6 Å². The Labute approximate surface area is 154 Å². The highest BCUT2D eigenvalue weighted by Crippen LogP contribution is 2.39. The number of nitrogens with two attached hydrogens (primary N) is 1. The quantitative estimate of drug-likeness (QED) is 0.857. The minimum Gasteiger partial charge on any atom is -0.378 e. The van der Waals surface area contributed by atoms with Crippen molar-refractivity contribution in [2.24, 2.45) is 10.7 Å². The number of thioether (sulfide) groups is 1. The molecular formula is C17H16ClN5OS. The van der Waals surface area contributed by atoms with E-state index in [2.05, 4.69) is 26.9 Å². The van der Waals surface area contributed by atoms with Crippen LogP contribution in [0.3, 0.4) is 0 Å². The van der Waals surface area contributed by atoms with Crippen LogP contribution in [-0.4, -0.2) is 21.0 Å². The SMILES string of the molecule is C=C1C[C@@](C)(c2cc(NC(=O)c3ccc(Cl)cn3)ccn2)N=C(N)S1. The number of nitrogens with one attached hydrogen (secondary N) is 1. The van der Waals surface area contributed by atoms with Crippen molar-refractivity contribution in [3.8, 4) is 0 Å². The molecule has 0 bridgehead atoms. The summed E-state index contributed by atoms with van der Waals surface area (Å²) in [5.41, 5.74) is 6.86. The molecule has 0 saturated carbocycles. The Bertz CT molecular complexity index is 868. The van der Waals surface area contributed by atoms with Crippen LogP contribution in [0.1, 0.15) is 29.5 Å². The van der Waals surface area contributed by atoms with E-state index in [0.29, 0.717) is 28.0 Å². The Morgan fingerprint density at radius 2 is 2.20 bits per heavy atom. The van der Waals surface area contributed by atoms with Gasteiger partial charge in [0, 0.05) is 24.5 Å². The molecule has 1 atom stereocenters. The molecule has 0 fully saturated rings. The van der Waals surface area contributed by atoms with E-state index in [0.717, 1.165) is 4.91 Å². The van der Waals surface area contributed by atoms with Gasteiger partial charge in [-0.3, -0.25) is 9.78 Å². The fourth-order valence-corrected chi connectivity index (χ4v) is 3.54. The molecule has 0 saturated heterocycles. The largest absolute Gasteiger partial charge is 0.378 e. The smallest absolute Gasteiger partial charge is 0.274 e. The lowest BCUT2D eigenvalue weighted by Gasteiger charge is -2.30. The van der Waals surface area contributed by atoms with Gasteiger partial charge in [0.25, 0.3) is 5.91 Å². The third-order valence-corrected chi connectivity index (χ3v) is 4.63. The second-order valence-electron chi connectivity index (χ2n) is 5.79. The van der Waals surface area contributed by atoms with Gasteiger partial charge < -0.3 is 11.1 Å². The van der Waals surface area contributed by atoms with Crippen molar-refractivity contribution < 1.29 is 4.79 Å². The van der Waals surface area contributed by atoms with E-state index in [9.17, 15) is 4.79 Å². The van der Waals surface area contributed by atoms with Crippen LogP contribution in [-0.2, 0) is 5.54 Å². The van der Waals surface area contributed by atoms with Gasteiger partial charge in [-0.1, -0.05) is 29.9 Å². The van der Waals surface area contributed by atoms with E-state index < -0.39 is 5.54 Å². The van der Waals surface area contributed by atoms with Gasteiger partial charge >= 0.3 is 0 Å². The van der Waals surface area contributed by atoms with Gasteiger partial charge in [0.05, 0.1) is 10.7 Å². The summed E-state index contributed by atoms with van der Waals surface area (Å²) in [5, 5.41) is 3.74. The number of aliphatic imine (C=N–C) groups is 1. The monoisotopic (exact) mass is 373 g/mol. The predicted octanol–water partition coefficient (Wildman–Crippen LogP) is 3.56. The van der Waals surface area contributed by atoms with Gasteiger partial charge in [-0.15, -0.1) is 0 Å². The van der Waals surface area contributed by atoms with Gasteiger partial charge in [0.1, 0.15) is 11.2 Å².